The summed E-state index contributed by atoms with van der Waals surface area (Å²) in [5, 5.41) is 49.9. The fraction of sp³-hybridized carbons (Fsp3) is 0.613. The molecule has 5 N–H and O–H groups in total. The maximum Gasteiger partial charge on any atom is 0.348 e. The summed E-state index contributed by atoms with van der Waals surface area (Å²) in [6, 6.07) is 11.3. The maximum atomic E-state index is 12.7. The van der Waals surface area contributed by atoms with Gasteiger partial charge in [0.2, 0.25) is 5.91 Å². The minimum Gasteiger partial charge on any atom is -0.459 e. The molecule has 0 bridgehead atoms. The third kappa shape index (κ3) is 9.33. The van der Waals surface area contributed by atoms with E-state index in [0.717, 1.165) is 67.5 Å². The molecule has 10 heteroatoms. The van der Waals surface area contributed by atoms with Crippen molar-refractivity contribution in [2.75, 3.05) is 11.5 Å². The van der Waals surface area contributed by atoms with Crippen LogP contribution in [0.5, 0.6) is 0 Å². The first kappa shape index (κ1) is 33.2. The SMILES string of the molecule is CCCCC[C@H](O)c1ccc(N2C(=O)CC[C@@H]2CCCc2ccc(C(=O)OC[C@H](O)[C@H](O)[C@@H](O)[C@H](O)CC)s2)cc1. The average molecular weight is 592 g/mol. The Labute approximate surface area is 246 Å². The number of anilines is 1. The van der Waals surface area contributed by atoms with Gasteiger partial charge < -0.3 is 35.2 Å². The Bertz CT molecular complexity index is 1090. The highest BCUT2D eigenvalue weighted by Gasteiger charge is 2.32. The van der Waals surface area contributed by atoms with Crippen molar-refractivity contribution in [3.05, 3.63) is 51.7 Å². The number of amides is 1. The van der Waals surface area contributed by atoms with Gasteiger partial charge in [-0.05, 0) is 68.4 Å². The highest BCUT2D eigenvalue weighted by Crippen LogP contribution is 2.31. The summed E-state index contributed by atoms with van der Waals surface area (Å²) < 4.78 is 5.10. The zero-order valence-corrected chi connectivity index (χ0v) is 24.8. The van der Waals surface area contributed by atoms with Crippen LogP contribution in [0.1, 0.15) is 97.9 Å². The number of carbonyl (C=O) groups is 2. The lowest BCUT2D eigenvalue weighted by atomic mass is 10.0. The number of thiophene rings is 1. The van der Waals surface area contributed by atoms with Crippen molar-refractivity contribution < 1.29 is 39.9 Å². The van der Waals surface area contributed by atoms with Gasteiger partial charge in [-0.15, -0.1) is 11.3 Å². The van der Waals surface area contributed by atoms with Crippen LogP contribution in [-0.2, 0) is 16.0 Å². The number of rotatable bonds is 17. The number of aliphatic hydroxyl groups is 5. The van der Waals surface area contributed by atoms with Gasteiger partial charge in [0.25, 0.3) is 0 Å². The van der Waals surface area contributed by atoms with E-state index >= 15 is 0 Å². The van der Waals surface area contributed by atoms with Crippen molar-refractivity contribution in [1.82, 2.24) is 0 Å². The van der Waals surface area contributed by atoms with Crippen LogP contribution in [0.15, 0.2) is 36.4 Å². The van der Waals surface area contributed by atoms with Crippen LogP contribution < -0.4 is 4.90 Å². The van der Waals surface area contributed by atoms with Gasteiger partial charge in [-0.2, -0.15) is 0 Å². The number of esters is 1. The number of benzene rings is 1. The van der Waals surface area contributed by atoms with Gasteiger partial charge in [0, 0.05) is 23.0 Å². The quantitative estimate of drug-likeness (QED) is 0.138. The fourth-order valence-corrected chi connectivity index (χ4v) is 6.09. The number of nitrogens with zero attached hydrogens (tertiary/aromatic N) is 1. The average Bonchev–Trinajstić information content (AvgIpc) is 3.61. The van der Waals surface area contributed by atoms with Gasteiger partial charge in [-0.25, -0.2) is 4.79 Å². The number of hydrogen-bond acceptors (Lipinski definition) is 9. The van der Waals surface area contributed by atoms with Gasteiger partial charge in [0.05, 0.1) is 12.2 Å². The molecule has 1 aromatic carbocycles. The largest absolute Gasteiger partial charge is 0.459 e. The Morgan fingerprint density at radius 2 is 1.68 bits per heavy atom. The van der Waals surface area contributed by atoms with E-state index in [1.54, 1.807) is 13.0 Å². The molecule has 2 heterocycles. The Morgan fingerprint density at radius 1 is 0.976 bits per heavy atom. The standard InChI is InChI=1S/C31H45NO8S/c1-3-5-6-10-25(34)20-11-13-22(14-12-20)32-21(15-18-28(32)36)8-7-9-23-16-17-27(41-23)31(39)40-19-26(35)30(38)29(37)24(33)4-2/h11-14,16-17,21,24-26,29-30,33-35,37-38H,3-10,15,18-19H2,1-2H3/t21-,24+,25-,26-,29-,30-/m0/s1. The van der Waals surface area contributed by atoms with Crippen molar-refractivity contribution in [2.45, 2.75) is 115 Å². The lowest BCUT2D eigenvalue weighted by Gasteiger charge is -2.25. The van der Waals surface area contributed by atoms with Crippen molar-refractivity contribution in [2.24, 2.45) is 0 Å². The van der Waals surface area contributed by atoms with E-state index in [2.05, 4.69) is 6.92 Å². The highest BCUT2D eigenvalue weighted by molar-refractivity contribution is 7.13. The number of ether oxygens (including phenoxy) is 1. The van der Waals surface area contributed by atoms with Crippen LogP contribution in [0.2, 0.25) is 0 Å². The van der Waals surface area contributed by atoms with Crippen LogP contribution in [0.25, 0.3) is 0 Å². The van der Waals surface area contributed by atoms with Gasteiger partial charge in [0.1, 0.15) is 29.8 Å². The molecule has 2 aromatic rings. The minimum atomic E-state index is -1.64. The third-order valence-electron chi connectivity index (χ3n) is 7.73. The molecule has 0 aliphatic carbocycles. The molecule has 3 rings (SSSR count). The lowest BCUT2D eigenvalue weighted by molar-refractivity contribution is -0.117. The van der Waals surface area contributed by atoms with Gasteiger partial charge in [0.15, 0.2) is 0 Å². The summed E-state index contributed by atoms with van der Waals surface area (Å²) in [6.07, 6.45) is 1.44. The predicted molar refractivity (Wildman–Crippen MR) is 158 cm³/mol. The van der Waals surface area contributed by atoms with Crippen molar-refractivity contribution in [1.29, 1.82) is 0 Å². The Balaban J connectivity index is 1.47. The summed E-state index contributed by atoms with van der Waals surface area (Å²) in [7, 11) is 0. The zero-order valence-electron chi connectivity index (χ0n) is 24.0. The number of carbonyl (C=O) groups excluding carboxylic acids is 2. The van der Waals surface area contributed by atoms with Crippen molar-refractivity contribution in [3.8, 4) is 0 Å². The molecule has 1 aromatic heterocycles. The van der Waals surface area contributed by atoms with Crippen molar-refractivity contribution >= 4 is 28.9 Å². The monoisotopic (exact) mass is 591 g/mol. The van der Waals surface area contributed by atoms with Crippen LogP contribution in [0.4, 0.5) is 5.69 Å². The summed E-state index contributed by atoms with van der Waals surface area (Å²) >= 11 is 1.29. The number of aryl methyl sites for hydroxylation is 1. The molecule has 0 unspecified atom stereocenters. The van der Waals surface area contributed by atoms with E-state index < -0.39 is 43.1 Å². The van der Waals surface area contributed by atoms with Crippen LogP contribution in [-0.4, -0.2) is 74.5 Å². The molecule has 228 valence electrons. The molecule has 1 aliphatic rings. The summed E-state index contributed by atoms with van der Waals surface area (Å²) in [5.41, 5.74) is 1.73. The summed E-state index contributed by atoms with van der Waals surface area (Å²) in [4.78, 5) is 28.4. The predicted octanol–water partition coefficient (Wildman–Crippen LogP) is 3.89. The molecule has 1 amide bonds. The fourth-order valence-electron chi connectivity index (χ4n) is 5.14. The highest BCUT2D eigenvalue weighted by atomic mass is 32.1. The molecule has 0 radical (unpaired) electrons. The summed E-state index contributed by atoms with van der Waals surface area (Å²) in [6.45, 7) is 3.26. The second-order valence-corrected chi connectivity index (χ2v) is 12.0. The second-order valence-electron chi connectivity index (χ2n) is 10.8. The molecular formula is C31H45NO8S. The zero-order chi connectivity index (χ0) is 29.9. The molecule has 6 atom stereocenters. The Morgan fingerprint density at radius 3 is 2.37 bits per heavy atom. The van der Waals surface area contributed by atoms with E-state index in [1.807, 2.05) is 35.2 Å². The second kappa shape index (κ2) is 16.3. The van der Waals surface area contributed by atoms with E-state index in [1.165, 1.54) is 11.3 Å². The van der Waals surface area contributed by atoms with Gasteiger partial charge in [-0.3, -0.25) is 4.79 Å². The third-order valence-corrected chi connectivity index (χ3v) is 8.85. The normalized spacial score (nSPS) is 19.1. The molecule has 1 saturated heterocycles. The van der Waals surface area contributed by atoms with Crippen LogP contribution in [0, 0.1) is 0 Å². The number of unbranched alkanes of at least 4 members (excludes halogenated alkanes) is 2. The number of hydrogen-bond donors (Lipinski definition) is 5. The van der Waals surface area contributed by atoms with E-state index in [9.17, 15) is 35.1 Å². The number of aliphatic hydroxyl groups excluding tert-OH is 5. The van der Waals surface area contributed by atoms with Crippen LogP contribution >= 0.6 is 11.3 Å². The first-order valence-corrected chi connectivity index (χ1v) is 15.6. The van der Waals surface area contributed by atoms with Crippen molar-refractivity contribution in [3.63, 3.8) is 0 Å². The smallest absolute Gasteiger partial charge is 0.348 e. The van der Waals surface area contributed by atoms with Crippen LogP contribution in [0.3, 0.4) is 0 Å². The molecule has 1 aliphatic heterocycles. The van der Waals surface area contributed by atoms with E-state index in [0.29, 0.717) is 11.3 Å². The molecule has 1 fully saturated rings. The molecule has 0 spiro atoms. The minimum absolute atomic E-state index is 0.0988. The maximum absolute atomic E-state index is 12.7. The van der Waals surface area contributed by atoms with E-state index in [4.69, 9.17) is 4.74 Å². The lowest BCUT2D eigenvalue weighted by Crippen LogP contribution is -2.46. The molecule has 0 saturated carbocycles. The van der Waals surface area contributed by atoms with Gasteiger partial charge in [-0.1, -0.05) is 45.2 Å². The van der Waals surface area contributed by atoms with E-state index in [-0.39, 0.29) is 18.4 Å². The Kier molecular flexibility index (Phi) is 13.2. The first-order valence-electron chi connectivity index (χ1n) is 14.7. The topological polar surface area (TPSA) is 148 Å². The van der Waals surface area contributed by atoms with Gasteiger partial charge >= 0.3 is 5.97 Å². The summed E-state index contributed by atoms with van der Waals surface area (Å²) in [5.74, 6) is -0.527. The Hall–Kier alpha value is -2.34. The molecular weight excluding hydrogens is 546 g/mol. The molecule has 41 heavy (non-hydrogen) atoms. The molecule has 9 nitrogen and oxygen atoms in total. The first-order chi connectivity index (χ1) is 19.7.